The van der Waals surface area contributed by atoms with Gasteiger partial charge in [-0.05, 0) is 38.7 Å². The Morgan fingerprint density at radius 3 is 2.73 bits per heavy atom. The first-order valence-electron chi connectivity index (χ1n) is 7.20. The lowest BCUT2D eigenvalue weighted by molar-refractivity contribution is 0.1000. The van der Waals surface area contributed by atoms with Crippen LogP contribution in [0.5, 0.6) is 0 Å². The van der Waals surface area contributed by atoms with Crippen LogP contribution in [-0.4, -0.2) is 36.4 Å². The van der Waals surface area contributed by atoms with E-state index in [1.54, 1.807) is 18.3 Å². The lowest BCUT2D eigenvalue weighted by Crippen LogP contribution is -2.27. The van der Waals surface area contributed by atoms with Crippen molar-refractivity contribution in [3.63, 3.8) is 0 Å². The smallest absolute Gasteiger partial charge is 0.248 e. The van der Waals surface area contributed by atoms with Gasteiger partial charge in [0.05, 0.1) is 6.04 Å². The maximum absolute atomic E-state index is 11.2. The Kier molecular flexibility index (Phi) is 5.12. The minimum absolute atomic E-state index is 0.207. The summed E-state index contributed by atoms with van der Waals surface area (Å²) >= 11 is 0. The fraction of sp³-hybridized carbons (Fsp3) is 0.294. The molecule has 0 aliphatic rings. The second-order valence-corrected chi connectivity index (χ2v) is 5.57. The number of carbonyl (C=O) groups excluding carboxylic acids is 1. The topological polar surface area (TPSA) is 71.2 Å². The number of nitrogens with zero attached hydrogens (tertiary/aromatic N) is 2. The average molecular weight is 298 g/mol. The van der Waals surface area contributed by atoms with E-state index in [2.05, 4.69) is 46.4 Å². The summed E-state index contributed by atoms with van der Waals surface area (Å²) in [5.74, 6) is 0.198. The van der Waals surface area contributed by atoms with Crippen LogP contribution in [-0.2, 0) is 0 Å². The maximum atomic E-state index is 11.2. The van der Waals surface area contributed by atoms with Crippen LogP contribution in [0.2, 0.25) is 0 Å². The Morgan fingerprint density at radius 1 is 1.32 bits per heavy atom. The van der Waals surface area contributed by atoms with Gasteiger partial charge in [-0.1, -0.05) is 29.8 Å². The van der Waals surface area contributed by atoms with E-state index in [1.165, 1.54) is 11.1 Å². The molecule has 3 N–H and O–H groups in total. The number of hydrogen-bond acceptors (Lipinski definition) is 4. The molecule has 0 aliphatic carbocycles. The molecule has 0 aliphatic heterocycles. The monoisotopic (exact) mass is 298 g/mol. The molecule has 1 unspecified atom stereocenters. The number of primary amides is 1. The summed E-state index contributed by atoms with van der Waals surface area (Å²) in [7, 11) is 4.09. The van der Waals surface area contributed by atoms with Crippen LogP contribution in [0.3, 0.4) is 0 Å². The summed E-state index contributed by atoms with van der Waals surface area (Å²) in [4.78, 5) is 17.6. The second-order valence-electron chi connectivity index (χ2n) is 5.57. The molecule has 2 aromatic rings. The lowest BCUT2D eigenvalue weighted by atomic mass is 10.0. The van der Waals surface area contributed by atoms with Crippen molar-refractivity contribution in [2.75, 3.05) is 26.0 Å². The molecular formula is C17H22N4O. The molecule has 0 fully saturated rings. The van der Waals surface area contributed by atoms with E-state index in [0.717, 1.165) is 0 Å². The molecule has 1 atom stereocenters. The molecule has 1 amide bonds. The molecular weight excluding hydrogens is 276 g/mol. The number of amides is 1. The number of nitrogens with two attached hydrogens (primary N) is 1. The Hall–Kier alpha value is -2.40. The Labute approximate surface area is 131 Å². The zero-order valence-corrected chi connectivity index (χ0v) is 13.2. The molecule has 0 saturated carbocycles. The number of aryl methyl sites for hydroxylation is 1. The van der Waals surface area contributed by atoms with Gasteiger partial charge in [0.15, 0.2) is 0 Å². The first-order valence-corrected chi connectivity index (χ1v) is 7.20. The highest BCUT2D eigenvalue weighted by Gasteiger charge is 2.14. The minimum atomic E-state index is -0.451. The number of aromatic nitrogens is 1. The number of rotatable bonds is 6. The van der Waals surface area contributed by atoms with Crippen molar-refractivity contribution in [1.82, 2.24) is 9.88 Å². The summed E-state index contributed by atoms with van der Waals surface area (Å²) in [6.45, 7) is 2.77. The van der Waals surface area contributed by atoms with Crippen molar-refractivity contribution in [2.45, 2.75) is 13.0 Å². The van der Waals surface area contributed by atoms with E-state index in [4.69, 9.17) is 5.73 Å². The first-order chi connectivity index (χ1) is 10.5. The molecule has 1 heterocycles. The van der Waals surface area contributed by atoms with Crippen LogP contribution in [0, 0.1) is 6.92 Å². The predicted molar refractivity (Wildman–Crippen MR) is 88.9 cm³/mol. The van der Waals surface area contributed by atoms with Gasteiger partial charge in [0.25, 0.3) is 0 Å². The molecule has 2 rings (SSSR count). The Balaban J connectivity index is 2.13. The number of hydrogen-bond donors (Lipinski definition) is 2. The number of carbonyl (C=O) groups is 1. The predicted octanol–water partition coefficient (Wildman–Crippen LogP) is 2.20. The first kappa shape index (κ1) is 16.0. The molecule has 0 spiro atoms. The molecule has 0 radical (unpaired) electrons. The molecule has 0 saturated heterocycles. The summed E-state index contributed by atoms with van der Waals surface area (Å²) < 4.78 is 0. The summed E-state index contributed by atoms with van der Waals surface area (Å²) in [5, 5.41) is 3.28. The third-order valence-electron chi connectivity index (χ3n) is 3.57. The number of nitrogens with one attached hydrogen (secondary N) is 1. The zero-order valence-electron chi connectivity index (χ0n) is 13.2. The van der Waals surface area contributed by atoms with Crippen molar-refractivity contribution in [3.8, 4) is 0 Å². The molecule has 22 heavy (non-hydrogen) atoms. The number of benzene rings is 1. The fourth-order valence-corrected chi connectivity index (χ4v) is 2.36. The Morgan fingerprint density at radius 2 is 2.09 bits per heavy atom. The number of pyridine rings is 1. The van der Waals surface area contributed by atoms with E-state index in [0.29, 0.717) is 17.9 Å². The van der Waals surface area contributed by atoms with Crippen molar-refractivity contribution >= 4 is 11.7 Å². The third kappa shape index (κ3) is 4.05. The molecule has 116 valence electrons. The molecule has 5 heteroatoms. The largest absolute Gasteiger partial charge is 0.368 e. The number of likely N-dealkylation sites (N-methyl/N-ethyl adjacent to an activating group) is 1. The van der Waals surface area contributed by atoms with Crippen LogP contribution < -0.4 is 11.1 Å². The van der Waals surface area contributed by atoms with Crippen LogP contribution in [0.25, 0.3) is 0 Å². The van der Waals surface area contributed by atoms with Crippen LogP contribution in [0.1, 0.15) is 27.5 Å². The van der Waals surface area contributed by atoms with Gasteiger partial charge >= 0.3 is 0 Å². The summed E-state index contributed by atoms with van der Waals surface area (Å²) in [5.41, 5.74) is 8.22. The lowest BCUT2D eigenvalue weighted by Gasteiger charge is -2.25. The standard InChI is InChI=1S/C17H22N4O/c1-12-5-4-6-13(9-12)15(21(2)3)11-20-16-10-14(17(18)22)7-8-19-16/h4-10,15H,11H2,1-3H3,(H2,18,22)(H,19,20). The zero-order chi connectivity index (χ0) is 16.1. The molecule has 1 aromatic heterocycles. The molecule has 0 bridgehead atoms. The maximum Gasteiger partial charge on any atom is 0.248 e. The van der Waals surface area contributed by atoms with Gasteiger partial charge in [-0.2, -0.15) is 0 Å². The third-order valence-corrected chi connectivity index (χ3v) is 3.57. The molecule has 5 nitrogen and oxygen atoms in total. The van der Waals surface area contributed by atoms with Gasteiger partial charge in [0, 0.05) is 18.3 Å². The normalized spacial score (nSPS) is 12.2. The SMILES string of the molecule is Cc1cccc(C(CNc2cc(C(N)=O)ccn2)N(C)C)c1. The van der Waals surface area contributed by atoms with E-state index in [1.807, 2.05) is 14.1 Å². The van der Waals surface area contributed by atoms with Crippen molar-refractivity contribution in [2.24, 2.45) is 5.73 Å². The second kappa shape index (κ2) is 7.04. The van der Waals surface area contributed by atoms with E-state index >= 15 is 0 Å². The van der Waals surface area contributed by atoms with Gasteiger partial charge in [-0.15, -0.1) is 0 Å². The van der Waals surface area contributed by atoms with Crippen LogP contribution in [0.4, 0.5) is 5.82 Å². The summed E-state index contributed by atoms with van der Waals surface area (Å²) in [6, 6.07) is 11.9. The van der Waals surface area contributed by atoms with Crippen LogP contribution in [0.15, 0.2) is 42.6 Å². The van der Waals surface area contributed by atoms with Gasteiger partial charge in [-0.25, -0.2) is 4.98 Å². The van der Waals surface area contributed by atoms with Crippen LogP contribution >= 0.6 is 0 Å². The Bertz CT molecular complexity index is 655. The molecule has 1 aromatic carbocycles. The van der Waals surface area contributed by atoms with Crippen molar-refractivity contribution < 1.29 is 4.79 Å². The summed E-state index contributed by atoms with van der Waals surface area (Å²) in [6.07, 6.45) is 1.58. The fourth-order valence-electron chi connectivity index (χ4n) is 2.36. The highest BCUT2D eigenvalue weighted by molar-refractivity contribution is 5.93. The van der Waals surface area contributed by atoms with E-state index in [-0.39, 0.29) is 6.04 Å². The van der Waals surface area contributed by atoms with Gasteiger partial charge < -0.3 is 16.0 Å². The van der Waals surface area contributed by atoms with E-state index < -0.39 is 5.91 Å². The highest BCUT2D eigenvalue weighted by atomic mass is 16.1. The van der Waals surface area contributed by atoms with Gasteiger partial charge in [-0.3, -0.25) is 4.79 Å². The highest BCUT2D eigenvalue weighted by Crippen LogP contribution is 2.20. The van der Waals surface area contributed by atoms with Gasteiger partial charge in [0.2, 0.25) is 5.91 Å². The van der Waals surface area contributed by atoms with Gasteiger partial charge in [0.1, 0.15) is 5.82 Å². The minimum Gasteiger partial charge on any atom is -0.368 e. The average Bonchev–Trinajstić information content (AvgIpc) is 2.47. The van der Waals surface area contributed by atoms with Crippen molar-refractivity contribution in [1.29, 1.82) is 0 Å². The van der Waals surface area contributed by atoms with E-state index in [9.17, 15) is 4.79 Å². The number of anilines is 1. The quantitative estimate of drug-likeness (QED) is 0.857. The van der Waals surface area contributed by atoms with Crippen molar-refractivity contribution in [3.05, 3.63) is 59.3 Å².